The molecule has 2 aliphatic rings. The summed E-state index contributed by atoms with van der Waals surface area (Å²) in [6.45, 7) is 1.13. The van der Waals surface area contributed by atoms with Crippen molar-refractivity contribution in [3.8, 4) is 5.75 Å². The fraction of sp³-hybridized carbons (Fsp3) is 0.333. The first-order valence-electron chi connectivity index (χ1n) is 11.4. The first kappa shape index (κ1) is 23.3. The maximum Gasteiger partial charge on any atom is 0.265 e. The van der Waals surface area contributed by atoms with Gasteiger partial charge in [0.25, 0.3) is 5.91 Å². The zero-order valence-corrected chi connectivity index (χ0v) is 19.8. The van der Waals surface area contributed by atoms with E-state index < -0.39 is 15.9 Å². The number of hydrogen-bond acceptors (Lipinski definition) is 6. The lowest BCUT2D eigenvalue weighted by Gasteiger charge is -2.30. The van der Waals surface area contributed by atoms with Crippen molar-refractivity contribution in [2.75, 3.05) is 50.9 Å². The van der Waals surface area contributed by atoms with Crippen LogP contribution >= 0.6 is 0 Å². The first-order chi connectivity index (χ1) is 16.9. The van der Waals surface area contributed by atoms with Crippen LogP contribution in [0.25, 0.3) is 10.9 Å². The molecule has 184 valence electrons. The molecule has 35 heavy (non-hydrogen) atoms. The normalized spacial score (nSPS) is 16.7. The van der Waals surface area contributed by atoms with Crippen molar-refractivity contribution in [1.29, 1.82) is 0 Å². The molecule has 2 aliphatic heterocycles. The number of fused-ring (bicyclic) bond motifs is 2. The van der Waals surface area contributed by atoms with Gasteiger partial charge in [-0.05, 0) is 36.2 Å². The molecule has 5 rings (SSSR count). The number of benzene rings is 2. The Morgan fingerprint density at radius 2 is 1.91 bits per heavy atom. The number of aromatic amines is 1. The van der Waals surface area contributed by atoms with Crippen molar-refractivity contribution in [2.24, 2.45) is 0 Å². The van der Waals surface area contributed by atoms with Gasteiger partial charge in [0, 0.05) is 36.7 Å². The van der Waals surface area contributed by atoms with E-state index in [-0.39, 0.29) is 42.7 Å². The van der Waals surface area contributed by atoms with E-state index in [0.29, 0.717) is 31.9 Å². The summed E-state index contributed by atoms with van der Waals surface area (Å²) in [4.78, 5) is 29.8. The Kier molecular flexibility index (Phi) is 6.46. The number of ether oxygens (including phenoxy) is 2. The van der Waals surface area contributed by atoms with Gasteiger partial charge in [-0.1, -0.05) is 18.2 Å². The monoisotopic (exact) mass is 498 g/mol. The molecule has 0 radical (unpaired) electrons. The zero-order chi connectivity index (χ0) is 24.4. The van der Waals surface area contributed by atoms with Gasteiger partial charge in [-0.25, -0.2) is 8.42 Å². The number of aromatic nitrogens is 1. The van der Waals surface area contributed by atoms with Gasteiger partial charge >= 0.3 is 0 Å². The highest BCUT2D eigenvalue weighted by Gasteiger charge is 2.31. The summed E-state index contributed by atoms with van der Waals surface area (Å²) in [5, 5.41) is 3.96. The Morgan fingerprint density at radius 1 is 1.11 bits per heavy atom. The zero-order valence-electron chi connectivity index (χ0n) is 19.0. The van der Waals surface area contributed by atoms with E-state index in [0.717, 1.165) is 16.5 Å². The molecule has 0 unspecified atom stereocenters. The minimum Gasteiger partial charge on any atom is -0.482 e. The van der Waals surface area contributed by atoms with Gasteiger partial charge in [-0.3, -0.25) is 14.5 Å². The molecule has 0 saturated carbocycles. The molecule has 1 saturated heterocycles. The molecule has 2 N–H and O–H groups in total. The van der Waals surface area contributed by atoms with E-state index in [1.54, 1.807) is 0 Å². The number of para-hydroxylation sites is 1. The second-order valence-corrected chi connectivity index (χ2v) is 10.3. The number of rotatable bonds is 7. The average Bonchev–Trinajstić information content (AvgIpc) is 3.29. The molecular weight excluding hydrogens is 472 g/mol. The van der Waals surface area contributed by atoms with Gasteiger partial charge in [0.2, 0.25) is 15.9 Å². The van der Waals surface area contributed by atoms with E-state index >= 15 is 0 Å². The molecule has 2 aromatic carbocycles. The van der Waals surface area contributed by atoms with Crippen LogP contribution in [0.1, 0.15) is 5.56 Å². The summed E-state index contributed by atoms with van der Waals surface area (Å²) in [5.41, 5.74) is 2.39. The Balaban J connectivity index is 1.28. The van der Waals surface area contributed by atoms with E-state index in [1.807, 2.05) is 30.5 Å². The van der Waals surface area contributed by atoms with Crippen molar-refractivity contribution in [2.45, 2.75) is 11.3 Å². The summed E-state index contributed by atoms with van der Waals surface area (Å²) < 4.78 is 38.2. The number of anilines is 1. The van der Waals surface area contributed by atoms with Crippen molar-refractivity contribution >= 4 is 38.4 Å². The fourth-order valence-electron chi connectivity index (χ4n) is 4.33. The minimum absolute atomic E-state index is 0.0428. The number of hydrogen-bond donors (Lipinski definition) is 2. The highest BCUT2D eigenvalue weighted by Crippen LogP contribution is 2.35. The Labute approximate surface area is 202 Å². The lowest BCUT2D eigenvalue weighted by molar-refractivity contribution is -0.125. The van der Waals surface area contributed by atoms with E-state index in [4.69, 9.17) is 9.47 Å². The van der Waals surface area contributed by atoms with Crippen LogP contribution in [-0.2, 0) is 30.8 Å². The van der Waals surface area contributed by atoms with Crippen LogP contribution in [-0.4, -0.2) is 75.5 Å². The van der Waals surface area contributed by atoms with E-state index in [1.165, 1.54) is 27.4 Å². The fourth-order valence-corrected chi connectivity index (χ4v) is 5.75. The number of carbonyl (C=O) groups is 2. The predicted octanol–water partition coefficient (Wildman–Crippen LogP) is 1.27. The number of nitrogens with one attached hydrogen (secondary N) is 2. The molecule has 11 heteroatoms. The van der Waals surface area contributed by atoms with Gasteiger partial charge in [0.05, 0.1) is 23.8 Å². The van der Waals surface area contributed by atoms with Crippen molar-refractivity contribution in [3.05, 3.63) is 54.2 Å². The van der Waals surface area contributed by atoms with Crippen molar-refractivity contribution in [3.63, 3.8) is 0 Å². The second kappa shape index (κ2) is 9.68. The summed E-state index contributed by atoms with van der Waals surface area (Å²) in [6, 6.07) is 12.3. The van der Waals surface area contributed by atoms with Crippen LogP contribution < -0.4 is 15.0 Å². The number of H-pyrrole nitrogens is 1. The van der Waals surface area contributed by atoms with Crippen LogP contribution in [0, 0.1) is 0 Å². The minimum atomic E-state index is -3.77. The molecule has 0 aliphatic carbocycles. The van der Waals surface area contributed by atoms with Gasteiger partial charge in [-0.15, -0.1) is 0 Å². The molecule has 2 amide bonds. The molecule has 1 fully saturated rings. The standard InChI is InChI=1S/C24H26N4O6S/c29-23(25-8-7-17-14-26-20-4-2-1-3-19(17)20)15-28-21-13-18(5-6-22(21)34-16-24(28)30)35(31,32)27-9-11-33-12-10-27/h1-6,13-14,26H,7-12,15-16H2,(H,25,29). The van der Waals surface area contributed by atoms with Crippen LogP contribution in [0.5, 0.6) is 5.75 Å². The average molecular weight is 499 g/mol. The molecular formula is C24H26N4O6S. The van der Waals surface area contributed by atoms with Crippen LogP contribution in [0.2, 0.25) is 0 Å². The molecule has 3 heterocycles. The smallest absolute Gasteiger partial charge is 0.265 e. The Hall–Kier alpha value is -3.41. The molecule has 0 atom stereocenters. The maximum atomic E-state index is 13.1. The molecule has 0 spiro atoms. The number of amides is 2. The predicted molar refractivity (Wildman–Crippen MR) is 129 cm³/mol. The first-order valence-corrected chi connectivity index (χ1v) is 12.8. The van der Waals surface area contributed by atoms with Crippen molar-refractivity contribution < 1.29 is 27.5 Å². The molecule has 1 aromatic heterocycles. The quantitative estimate of drug-likeness (QED) is 0.506. The molecule has 0 bridgehead atoms. The highest BCUT2D eigenvalue weighted by atomic mass is 32.2. The lowest BCUT2D eigenvalue weighted by atomic mass is 10.1. The molecule has 10 nitrogen and oxygen atoms in total. The molecule has 3 aromatic rings. The van der Waals surface area contributed by atoms with E-state index in [9.17, 15) is 18.0 Å². The number of sulfonamides is 1. The number of morpholine rings is 1. The summed E-state index contributed by atoms with van der Waals surface area (Å²) in [5.74, 6) is -0.394. The van der Waals surface area contributed by atoms with Gasteiger partial charge in [-0.2, -0.15) is 4.31 Å². The third-order valence-electron chi connectivity index (χ3n) is 6.17. The number of nitrogens with zero attached hydrogens (tertiary/aromatic N) is 2. The second-order valence-electron chi connectivity index (χ2n) is 8.37. The van der Waals surface area contributed by atoms with Crippen LogP contribution in [0.4, 0.5) is 5.69 Å². The van der Waals surface area contributed by atoms with Gasteiger partial charge in [0.15, 0.2) is 6.61 Å². The third kappa shape index (κ3) is 4.75. The summed E-state index contributed by atoms with van der Waals surface area (Å²) in [6.07, 6.45) is 2.56. The van der Waals surface area contributed by atoms with Crippen molar-refractivity contribution in [1.82, 2.24) is 14.6 Å². The van der Waals surface area contributed by atoms with Gasteiger partial charge in [0.1, 0.15) is 12.3 Å². The van der Waals surface area contributed by atoms with Gasteiger partial charge < -0.3 is 19.8 Å². The van der Waals surface area contributed by atoms with E-state index in [2.05, 4.69) is 10.3 Å². The Morgan fingerprint density at radius 3 is 2.74 bits per heavy atom. The summed E-state index contributed by atoms with van der Waals surface area (Å²) >= 11 is 0. The largest absolute Gasteiger partial charge is 0.482 e. The number of carbonyl (C=O) groups excluding carboxylic acids is 2. The van der Waals surface area contributed by atoms with Crippen LogP contribution in [0.15, 0.2) is 53.6 Å². The maximum absolute atomic E-state index is 13.1. The lowest BCUT2D eigenvalue weighted by Crippen LogP contribution is -2.45. The topological polar surface area (TPSA) is 121 Å². The SMILES string of the molecule is O=C(CN1C(=O)COc2ccc(S(=O)(=O)N3CCOCC3)cc21)NCCc1c[nH]c2ccccc12. The highest BCUT2D eigenvalue weighted by molar-refractivity contribution is 7.89. The Bertz CT molecular complexity index is 1360. The van der Waals surface area contributed by atoms with Crippen LogP contribution in [0.3, 0.4) is 0 Å². The third-order valence-corrected chi connectivity index (χ3v) is 8.07. The summed E-state index contributed by atoms with van der Waals surface area (Å²) in [7, 11) is -3.77.